The second-order valence-corrected chi connectivity index (χ2v) is 5.13. The number of nitrogens with zero attached hydrogens (tertiary/aromatic N) is 1. The number of carbonyl (C=O) groups is 1. The van der Waals surface area contributed by atoms with E-state index in [4.69, 9.17) is 4.74 Å². The van der Waals surface area contributed by atoms with Gasteiger partial charge in [-0.1, -0.05) is 18.2 Å². The van der Waals surface area contributed by atoms with Crippen LogP contribution in [0.4, 0.5) is 5.69 Å². The van der Waals surface area contributed by atoms with Gasteiger partial charge in [0.1, 0.15) is 11.8 Å². The first-order valence-electron chi connectivity index (χ1n) is 7.40. The Labute approximate surface area is 136 Å². The maximum Gasteiger partial charge on any atom is 0.262 e. The maximum atomic E-state index is 12.1. The number of para-hydroxylation sites is 1. The second-order valence-electron chi connectivity index (χ2n) is 5.13. The van der Waals surface area contributed by atoms with Gasteiger partial charge in [-0.15, -0.1) is 0 Å². The molecule has 0 bridgehead atoms. The van der Waals surface area contributed by atoms with Crippen LogP contribution >= 0.6 is 0 Å². The summed E-state index contributed by atoms with van der Waals surface area (Å²) in [6, 6.07) is 16.7. The van der Waals surface area contributed by atoms with Crippen LogP contribution in [-0.2, 0) is 4.79 Å². The van der Waals surface area contributed by atoms with E-state index in [9.17, 15) is 4.79 Å². The van der Waals surface area contributed by atoms with Gasteiger partial charge in [0.15, 0.2) is 0 Å². The van der Waals surface area contributed by atoms with Crippen molar-refractivity contribution in [3.8, 4) is 5.75 Å². The lowest BCUT2D eigenvalue weighted by atomic mass is 10.1. The predicted octanol–water partition coefficient (Wildman–Crippen LogP) is 3.04. The molecule has 0 saturated carbocycles. The molecule has 2 N–H and O–H groups in total. The van der Waals surface area contributed by atoms with Crippen molar-refractivity contribution in [2.45, 2.75) is 19.9 Å². The first-order valence-corrected chi connectivity index (χ1v) is 7.40. The molecule has 2 aromatic rings. The Morgan fingerprint density at radius 1 is 1.09 bits per heavy atom. The van der Waals surface area contributed by atoms with E-state index in [1.165, 1.54) is 0 Å². The number of rotatable bonds is 6. The van der Waals surface area contributed by atoms with E-state index in [1.54, 1.807) is 14.0 Å². The summed E-state index contributed by atoms with van der Waals surface area (Å²) < 4.78 is 5.12. The van der Waals surface area contributed by atoms with Crippen LogP contribution < -0.4 is 15.5 Å². The van der Waals surface area contributed by atoms with Crippen molar-refractivity contribution < 1.29 is 9.53 Å². The number of carbonyl (C=O) groups excluding carboxylic acids is 1. The molecule has 0 aromatic heterocycles. The van der Waals surface area contributed by atoms with Crippen LogP contribution in [0.15, 0.2) is 59.7 Å². The Hall–Kier alpha value is -2.82. The summed E-state index contributed by atoms with van der Waals surface area (Å²) in [7, 11) is 1.62. The fraction of sp³-hybridized carbons (Fsp3) is 0.222. The quantitative estimate of drug-likeness (QED) is 0.637. The molecule has 0 radical (unpaired) electrons. The number of hydrogen-bond acceptors (Lipinski definition) is 4. The number of hydrazone groups is 1. The molecule has 0 aliphatic carbocycles. The Balaban J connectivity index is 1.93. The number of hydrogen-bond donors (Lipinski definition) is 2. The lowest BCUT2D eigenvalue weighted by Crippen LogP contribution is -2.35. The Morgan fingerprint density at radius 2 is 1.74 bits per heavy atom. The number of ether oxygens (including phenoxy) is 1. The summed E-state index contributed by atoms with van der Waals surface area (Å²) in [4.78, 5) is 12.1. The predicted molar refractivity (Wildman–Crippen MR) is 92.9 cm³/mol. The van der Waals surface area contributed by atoms with Crippen molar-refractivity contribution in [3.05, 3.63) is 60.2 Å². The summed E-state index contributed by atoms with van der Waals surface area (Å²) in [6.45, 7) is 3.64. The first-order chi connectivity index (χ1) is 11.1. The summed E-state index contributed by atoms with van der Waals surface area (Å²) in [6.07, 6.45) is 0. The van der Waals surface area contributed by atoms with Crippen LogP contribution in [0.5, 0.6) is 5.75 Å². The highest BCUT2D eigenvalue weighted by molar-refractivity contribution is 5.99. The van der Waals surface area contributed by atoms with Crippen LogP contribution in [0.3, 0.4) is 0 Å². The lowest BCUT2D eigenvalue weighted by molar-refractivity contribution is -0.121. The van der Waals surface area contributed by atoms with E-state index < -0.39 is 0 Å². The molecular weight excluding hydrogens is 290 g/mol. The molecule has 2 aromatic carbocycles. The molecule has 1 atom stereocenters. The lowest BCUT2D eigenvalue weighted by Gasteiger charge is -2.13. The normalized spacial score (nSPS) is 12.4. The molecule has 5 heteroatoms. The van der Waals surface area contributed by atoms with Gasteiger partial charge in [-0.05, 0) is 55.8 Å². The van der Waals surface area contributed by atoms with Crippen LogP contribution in [0.1, 0.15) is 19.4 Å². The fourth-order valence-corrected chi connectivity index (χ4v) is 1.98. The van der Waals surface area contributed by atoms with E-state index in [2.05, 4.69) is 15.8 Å². The number of benzene rings is 2. The molecule has 2 rings (SSSR count). The molecule has 0 spiro atoms. The first kappa shape index (κ1) is 16.5. The molecular formula is C18H21N3O2. The molecule has 23 heavy (non-hydrogen) atoms. The van der Waals surface area contributed by atoms with Gasteiger partial charge in [-0.25, -0.2) is 5.43 Å². The minimum atomic E-state index is -0.384. The Bertz CT molecular complexity index is 666. The van der Waals surface area contributed by atoms with E-state index in [0.717, 1.165) is 22.7 Å². The standard InChI is InChI=1S/C18H21N3O2/c1-13(15-9-11-17(23-3)12-10-15)20-21-18(22)14(2)19-16-7-5-4-6-8-16/h4-12,14,19H,1-3H3,(H,21,22)/b20-13-/t14-/m1/s1. The van der Waals surface area contributed by atoms with Gasteiger partial charge in [0.2, 0.25) is 0 Å². The molecule has 0 unspecified atom stereocenters. The highest BCUT2D eigenvalue weighted by Crippen LogP contribution is 2.12. The van der Waals surface area contributed by atoms with Crippen molar-refractivity contribution >= 4 is 17.3 Å². The summed E-state index contributed by atoms with van der Waals surface area (Å²) in [5.41, 5.74) is 5.13. The van der Waals surface area contributed by atoms with Gasteiger partial charge in [0.05, 0.1) is 12.8 Å². The third-order valence-electron chi connectivity index (χ3n) is 3.39. The fourth-order valence-electron chi connectivity index (χ4n) is 1.98. The smallest absolute Gasteiger partial charge is 0.262 e. The summed E-state index contributed by atoms with van der Waals surface area (Å²) in [5.74, 6) is 0.591. The zero-order valence-electron chi connectivity index (χ0n) is 13.5. The monoisotopic (exact) mass is 311 g/mol. The molecule has 120 valence electrons. The van der Waals surface area contributed by atoms with E-state index in [1.807, 2.05) is 61.5 Å². The van der Waals surface area contributed by atoms with Crippen molar-refractivity contribution in [3.63, 3.8) is 0 Å². The summed E-state index contributed by atoms with van der Waals surface area (Å²) in [5, 5.41) is 7.27. The number of methoxy groups -OCH3 is 1. The molecule has 0 aliphatic rings. The van der Waals surface area contributed by atoms with E-state index in [0.29, 0.717) is 0 Å². The van der Waals surface area contributed by atoms with Crippen LogP contribution in [0.2, 0.25) is 0 Å². The molecule has 5 nitrogen and oxygen atoms in total. The van der Waals surface area contributed by atoms with Gasteiger partial charge in [-0.2, -0.15) is 5.10 Å². The maximum absolute atomic E-state index is 12.1. The minimum Gasteiger partial charge on any atom is -0.497 e. The third kappa shape index (κ3) is 4.85. The highest BCUT2D eigenvalue weighted by atomic mass is 16.5. The van der Waals surface area contributed by atoms with Gasteiger partial charge in [-0.3, -0.25) is 4.79 Å². The average Bonchev–Trinajstić information content (AvgIpc) is 2.60. The zero-order valence-corrected chi connectivity index (χ0v) is 13.5. The Morgan fingerprint density at radius 3 is 2.35 bits per heavy atom. The molecule has 0 aliphatic heterocycles. The Kier molecular flexibility index (Phi) is 5.74. The largest absolute Gasteiger partial charge is 0.497 e. The van der Waals surface area contributed by atoms with E-state index >= 15 is 0 Å². The number of nitrogens with one attached hydrogen (secondary N) is 2. The third-order valence-corrected chi connectivity index (χ3v) is 3.39. The zero-order chi connectivity index (χ0) is 16.7. The SMILES string of the molecule is COc1ccc(/C(C)=N\NC(=O)[C@@H](C)Nc2ccccc2)cc1. The molecule has 0 saturated heterocycles. The second kappa shape index (κ2) is 7.98. The number of amides is 1. The van der Waals surface area contributed by atoms with Crippen molar-refractivity contribution in [2.24, 2.45) is 5.10 Å². The van der Waals surface area contributed by atoms with Crippen molar-refractivity contribution in [2.75, 3.05) is 12.4 Å². The molecule has 0 heterocycles. The molecule has 0 fully saturated rings. The van der Waals surface area contributed by atoms with Gasteiger partial charge in [0.25, 0.3) is 5.91 Å². The van der Waals surface area contributed by atoms with E-state index in [-0.39, 0.29) is 11.9 Å². The topological polar surface area (TPSA) is 62.7 Å². The minimum absolute atomic E-state index is 0.193. The van der Waals surface area contributed by atoms with Gasteiger partial charge >= 0.3 is 0 Å². The van der Waals surface area contributed by atoms with Crippen molar-refractivity contribution in [1.82, 2.24) is 5.43 Å². The highest BCUT2D eigenvalue weighted by Gasteiger charge is 2.11. The van der Waals surface area contributed by atoms with Crippen LogP contribution in [-0.4, -0.2) is 24.8 Å². The number of anilines is 1. The van der Waals surface area contributed by atoms with Gasteiger partial charge < -0.3 is 10.1 Å². The summed E-state index contributed by atoms with van der Waals surface area (Å²) >= 11 is 0. The van der Waals surface area contributed by atoms with Crippen LogP contribution in [0.25, 0.3) is 0 Å². The van der Waals surface area contributed by atoms with Gasteiger partial charge in [0, 0.05) is 5.69 Å². The van der Waals surface area contributed by atoms with Crippen LogP contribution in [0, 0.1) is 0 Å². The average molecular weight is 311 g/mol. The molecule has 1 amide bonds. The van der Waals surface area contributed by atoms with Crippen molar-refractivity contribution in [1.29, 1.82) is 0 Å².